The smallest absolute Gasteiger partial charge is 0.320 e. The van der Waals surface area contributed by atoms with Gasteiger partial charge < -0.3 is 15.3 Å². The van der Waals surface area contributed by atoms with Crippen LogP contribution in [0.2, 0.25) is 0 Å². The summed E-state index contributed by atoms with van der Waals surface area (Å²) in [6, 6.07) is 7.99. The van der Waals surface area contributed by atoms with Crippen LogP contribution in [-0.4, -0.2) is 26.0 Å². The Kier molecular flexibility index (Phi) is 9.03. The number of carboxylic acid groups (broad SMARTS) is 1. The second-order valence-corrected chi connectivity index (χ2v) is 16.4. The number of carbonyl (C=O) groups is 1. The van der Waals surface area contributed by atoms with Gasteiger partial charge in [-0.2, -0.15) is 12.6 Å². The molecule has 0 spiro atoms. The minimum Gasteiger partial charge on any atom is -0.507 e. The number of phenolic OH excluding ortho intramolecular Hbond substituents is 2. The fourth-order valence-electron chi connectivity index (χ4n) is 6.03. The minimum atomic E-state index is -1.48. The Morgan fingerprint density at radius 3 is 1.00 bits per heavy atom. The fraction of sp³-hybridized carbons (Fsp3) is 0.629. The molecule has 0 aromatic heterocycles. The maximum absolute atomic E-state index is 13.3. The molecule has 0 heterocycles. The van der Waals surface area contributed by atoms with E-state index in [1.807, 2.05) is 38.1 Å². The van der Waals surface area contributed by atoms with E-state index in [0.717, 1.165) is 33.4 Å². The lowest BCUT2D eigenvalue weighted by Crippen LogP contribution is -2.53. The molecule has 0 aliphatic rings. The highest BCUT2D eigenvalue weighted by Crippen LogP contribution is 2.55. The summed E-state index contributed by atoms with van der Waals surface area (Å²) in [5.74, 6) is -0.491. The number of benzene rings is 2. The van der Waals surface area contributed by atoms with Gasteiger partial charge in [-0.3, -0.25) is 4.79 Å². The third-order valence-corrected chi connectivity index (χ3v) is 9.43. The molecule has 40 heavy (non-hydrogen) atoms. The number of aromatic hydroxyl groups is 2. The SMILES string of the molecule is CCC(S)(C(=O)O)C(CC)(c1cc(C(C)(C)C)c(O)c(C(C)(C)C)c1)c1cc(C(C)(C)C)c(O)c(C(C)(C)C)c1. The second-order valence-electron chi connectivity index (χ2n) is 15.6. The number of hydrogen-bond acceptors (Lipinski definition) is 4. The van der Waals surface area contributed by atoms with Crippen LogP contribution < -0.4 is 0 Å². The Labute approximate surface area is 249 Å². The molecule has 5 heteroatoms. The summed E-state index contributed by atoms with van der Waals surface area (Å²) in [6.45, 7) is 28.6. The largest absolute Gasteiger partial charge is 0.507 e. The zero-order valence-electron chi connectivity index (χ0n) is 27.4. The predicted octanol–water partition coefficient (Wildman–Crippen LogP) is 9.15. The highest BCUT2D eigenvalue weighted by Gasteiger charge is 2.55. The summed E-state index contributed by atoms with van der Waals surface area (Å²) >= 11 is 5.05. The molecule has 4 nitrogen and oxygen atoms in total. The first kappa shape index (κ1) is 34.1. The molecular formula is C35H54O4S. The van der Waals surface area contributed by atoms with Gasteiger partial charge in [-0.15, -0.1) is 0 Å². The third-order valence-electron chi connectivity index (χ3n) is 8.54. The van der Waals surface area contributed by atoms with Gasteiger partial charge in [0.2, 0.25) is 0 Å². The first-order valence-corrected chi connectivity index (χ1v) is 15.0. The molecule has 2 aromatic carbocycles. The predicted molar refractivity (Wildman–Crippen MR) is 172 cm³/mol. The summed E-state index contributed by atoms with van der Waals surface area (Å²) in [5, 5.41) is 33.9. The molecule has 1 atom stereocenters. The van der Waals surface area contributed by atoms with Crippen molar-refractivity contribution in [1.29, 1.82) is 0 Å². The van der Waals surface area contributed by atoms with Gasteiger partial charge in [0.25, 0.3) is 0 Å². The molecule has 0 fully saturated rings. The van der Waals surface area contributed by atoms with E-state index in [9.17, 15) is 20.1 Å². The molecule has 0 aliphatic carbocycles. The van der Waals surface area contributed by atoms with Crippen LogP contribution in [0.25, 0.3) is 0 Å². The zero-order valence-corrected chi connectivity index (χ0v) is 28.3. The molecular weight excluding hydrogens is 516 g/mol. The van der Waals surface area contributed by atoms with Crippen LogP contribution in [0.15, 0.2) is 24.3 Å². The minimum absolute atomic E-state index is 0.252. The Balaban J connectivity index is 3.39. The van der Waals surface area contributed by atoms with Gasteiger partial charge in [-0.1, -0.05) is 121 Å². The Hall–Kier alpha value is -2.14. The average molecular weight is 571 g/mol. The van der Waals surface area contributed by atoms with Gasteiger partial charge in [0.15, 0.2) is 0 Å². The van der Waals surface area contributed by atoms with E-state index in [2.05, 4.69) is 83.1 Å². The van der Waals surface area contributed by atoms with Gasteiger partial charge in [-0.05, 0) is 67.9 Å². The highest BCUT2D eigenvalue weighted by molar-refractivity contribution is 7.82. The normalized spacial score (nSPS) is 15.2. The molecule has 0 saturated carbocycles. The molecule has 0 amide bonds. The summed E-state index contributed by atoms with van der Waals surface area (Å²) in [6.07, 6.45) is 0.721. The first-order chi connectivity index (χ1) is 17.8. The van der Waals surface area contributed by atoms with E-state index >= 15 is 0 Å². The van der Waals surface area contributed by atoms with Crippen LogP contribution in [0.4, 0.5) is 0 Å². The van der Waals surface area contributed by atoms with Crippen molar-refractivity contribution < 1.29 is 20.1 Å². The fourth-order valence-corrected chi connectivity index (χ4v) is 6.45. The molecule has 2 rings (SSSR count). The molecule has 0 saturated heterocycles. The Morgan fingerprint density at radius 2 is 0.850 bits per heavy atom. The second kappa shape index (κ2) is 10.6. The number of phenols is 2. The average Bonchev–Trinajstić information content (AvgIpc) is 2.77. The topological polar surface area (TPSA) is 77.8 Å². The van der Waals surface area contributed by atoms with Crippen molar-refractivity contribution in [2.45, 2.75) is 142 Å². The van der Waals surface area contributed by atoms with Gasteiger partial charge in [0.05, 0.1) is 0 Å². The van der Waals surface area contributed by atoms with Crippen molar-refractivity contribution in [3.05, 3.63) is 57.6 Å². The molecule has 224 valence electrons. The molecule has 3 N–H and O–H groups in total. The summed E-state index contributed by atoms with van der Waals surface area (Å²) in [5.41, 5.74) is 2.06. The standard InChI is InChI=1S/C35H54O4S/c1-15-34(35(40,16-2)29(38)39,21-17-23(30(3,4)5)27(36)24(18-21)31(6,7)8)22-19-25(32(9,10)11)28(37)26(20-22)33(12,13)14/h17-20,36-37,40H,15-16H2,1-14H3,(H,38,39). The third kappa shape index (κ3) is 5.78. The van der Waals surface area contributed by atoms with Crippen LogP contribution in [-0.2, 0) is 31.9 Å². The highest BCUT2D eigenvalue weighted by atomic mass is 32.1. The van der Waals surface area contributed by atoms with E-state index in [1.54, 1.807) is 0 Å². The number of carboxylic acids is 1. The lowest BCUT2D eigenvalue weighted by molar-refractivity contribution is -0.141. The van der Waals surface area contributed by atoms with Crippen molar-refractivity contribution in [2.24, 2.45) is 0 Å². The summed E-state index contributed by atoms with van der Waals surface area (Å²) in [4.78, 5) is 13.3. The Bertz CT molecular complexity index is 1110. The summed E-state index contributed by atoms with van der Waals surface area (Å²) < 4.78 is -1.48. The van der Waals surface area contributed by atoms with Crippen molar-refractivity contribution in [2.75, 3.05) is 0 Å². The van der Waals surface area contributed by atoms with Crippen molar-refractivity contribution in [3.63, 3.8) is 0 Å². The molecule has 0 radical (unpaired) electrons. The molecule has 0 aliphatic heterocycles. The van der Waals surface area contributed by atoms with Crippen molar-refractivity contribution >= 4 is 18.6 Å². The van der Waals surface area contributed by atoms with Crippen LogP contribution in [0, 0.1) is 0 Å². The molecule has 2 aromatic rings. The zero-order chi connectivity index (χ0) is 31.4. The summed E-state index contributed by atoms with van der Waals surface area (Å²) in [7, 11) is 0. The lowest BCUT2D eigenvalue weighted by atomic mass is 9.59. The van der Waals surface area contributed by atoms with Gasteiger partial charge in [0, 0.05) is 5.41 Å². The van der Waals surface area contributed by atoms with Crippen LogP contribution in [0.3, 0.4) is 0 Å². The number of thiol groups is 1. The van der Waals surface area contributed by atoms with Crippen molar-refractivity contribution in [1.82, 2.24) is 0 Å². The quantitative estimate of drug-likeness (QED) is 0.261. The number of rotatable bonds is 6. The maximum atomic E-state index is 13.3. The molecule has 1 unspecified atom stereocenters. The Morgan fingerprint density at radius 1 is 0.600 bits per heavy atom. The van der Waals surface area contributed by atoms with Gasteiger partial charge in [-0.25, -0.2) is 0 Å². The van der Waals surface area contributed by atoms with Crippen molar-refractivity contribution in [3.8, 4) is 11.5 Å². The monoisotopic (exact) mass is 570 g/mol. The van der Waals surface area contributed by atoms with E-state index in [-0.39, 0.29) is 17.9 Å². The molecule has 0 bridgehead atoms. The van der Waals surface area contributed by atoms with E-state index in [4.69, 9.17) is 12.6 Å². The lowest BCUT2D eigenvalue weighted by Gasteiger charge is -2.47. The number of aliphatic carboxylic acids is 1. The van der Waals surface area contributed by atoms with Crippen LogP contribution in [0.1, 0.15) is 143 Å². The van der Waals surface area contributed by atoms with Crippen LogP contribution in [0.5, 0.6) is 11.5 Å². The van der Waals surface area contributed by atoms with E-state index < -0.39 is 37.8 Å². The van der Waals surface area contributed by atoms with Gasteiger partial charge in [0.1, 0.15) is 16.2 Å². The van der Waals surface area contributed by atoms with E-state index in [0.29, 0.717) is 6.42 Å². The maximum Gasteiger partial charge on any atom is 0.320 e. The van der Waals surface area contributed by atoms with Crippen LogP contribution >= 0.6 is 12.6 Å². The number of hydrogen-bond donors (Lipinski definition) is 4. The van der Waals surface area contributed by atoms with Gasteiger partial charge >= 0.3 is 5.97 Å². The first-order valence-electron chi connectivity index (χ1n) is 14.5. The van der Waals surface area contributed by atoms with E-state index in [1.165, 1.54) is 0 Å².